The lowest BCUT2D eigenvalue weighted by molar-refractivity contribution is 0.315. The van der Waals surface area contributed by atoms with E-state index in [4.69, 9.17) is 5.73 Å². The minimum Gasteiger partial charge on any atom is -0.327 e. The van der Waals surface area contributed by atoms with Crippen LogP contribution < -0.4 is 5.73 Å². The second-order valence-corrected chi connectivity index (χ2v) is 6.85. The van der Waals surface area contributed by atoms with Crippen molar-refractivity contribution in [2.45, 2.75) is 39.2 Å². The Labute approximate surface area is 92.9 Å². The topological polar surface area (TPSA) is 63.4 Å². The first-order valence-corrected chi connectivity index (χ1v) is 7.26. The number of hydrogen-bond acceptors (Lipinski definition) is 3. The normalized spacial score (nSPS) is 24.7. The van der Waals surface area contributed by atoms with Crippen molar-refractivity contribution in [1.82, 2.24) is 4.31 Å². The summed E-state index contributed by atoms with van der Waals surface area (Å²) in [6.07, 6.45) is 2.56. The van der Waals surface area contributed by atoms with Gasteiger partial charge < -0.3 is 5.73 Å². The highest BCUT2D eigenvalue weighted by Crippen LogP contribution is 2.15. The minimum atomic E-state index is -3.06. The van der Waals surface area contributed by atoms with Crippen LogP contribution in [0.15, 0.2) is 0 Å². The standard InChI is InChI=1S/C10H22N2O2S/c1-9(2)5-7-15(13,14)12-6-3-4-10(11)8-12/h9-10H,3-8,11H2,1-2H3. The van der Waals surface area contributed by atoms with Gasteiger partial charge in [-0.3, -0.25) is 0 Å². The lowest BCUT2D eigenvalue weighted by Gasteiger charge is -2.30. The lowest BCUT2D eigenvalue weighted by atomic mass is 10.1. The maximum Gasteiger partial charge on any atom is 0.214 e. The zero-order valence-electron chi connectivity index (χ0n) is 9.65. The molecule has 1 heterocycles. The van der Waals surface area contributed by atoms with E-state index in [1.807, 2.05) is 13.8 Å². The van der Waals surface area contributed by atoms with Crippen molar-refractivity contribution in [1.29, 1.82) is 0 Å². The molecule has 0 aromatic rings. The molecular formula is C10H22N2O2S. The Morgan fingerprint density at radius 2 is 2.13 bits per heavy atom. The molecular weight excluding hydrogens is 212 g/mol. The summed E-state index contributed by atoms with van der Waals surface area (Å²) in [6, 6.07) is 0.0209. The van der Waals surface area contributed by atoms with E-state index in [0.29, 0.717) is 19.0 Å². The van der Waals surface area contributed by atoms with E-state index in [1.54, 1.807) is 4.31 Å². The summed E-state index contributed by atoms with van der Waals surface area (Å²) in [5, 5.41) is 0. The lowest BCUT2D eigenvalue weighted by Crippen LogP contribution is -2.46. The van der Waals surface area contributed by atoms with Crippen LogP contribution in [-0.4, -0.2) is 37.6 Å². The molecule has 0 saturated carbocycles. The van der Waals surface area contributed by atoms with Crippen LogP contribution in [0.5, 0.6) is 0 Å². The zero-order chi connectivity index (χ0) is 11.5. The Kier molecular flexibility index (Phi) is 4.55. The van der Waals surface area contributed by atoms with E-state index in [-0.39, 0.29) is 11.8 Å². The van der Waals surface area contributed by atoms with Gasteiger partial charge >= 0.3 is 0 Å². The molecule has 1 aliphatic rings. The Bertz CT molecular complexity index is 288. The van der Waals surface area contributed by atoms with Gasteiger partial charge in [0.2, 0.25) is 10.0 Å². The number of hydrogen-bond donors (Lipinski definition) is 1. The maximum atomic E-state index is 11.9. The molecule has 0 bridgehead atoms. The van der Waals surface area contributed by atoms with Gasteiger partial charge in [0.1, 0.15) is 0 Å². The van der Waals surface area contributed by atoms with Crippen LogP contribution >= 0.6 is 0 Å². The molecule has 1 atom stereocenters. The Balaban J connectivity index is 2.52. The third-order valence-corrected chi connectivity index (χ3v) is 4.64. The Morgan fingerprint density at radius 1 is 1.47 bits per heavy atom. The number of rotatable bonds is 4. The molecule has 0 aromatic carbocycles. The van der Waals surface area contributed by atoms with Gasteiger partial charge in [-0.25, -0.2) is 12.7 Å². The monoisotopic (exact) mass is 234 g/mol. The second kappa shape index (κ2) is 5.27. The van der Waals surface area contributed by atoms with Gasteiger partial charge in [-0.2, -0.15) is 0 Å². The van der Waals surface area contributed by atoms with Gasteiger partial charge in [0.25, 0.3) is 0 Å². The zero-order valence-corrected chi connectivity index (χ0v) is 10.5. The SMILES string of the molecule is CC(C)CCS(=O)(=O)N1CCCC(N)C1. The Hall–Kier alpha value is -0.130. The highest BCUT2D eigenvalue weighted by Gasteiger charge is 2.26. The summed E-state index contributed by atoms with van der Waals surface area (Å²) < 4.78 is 25.4. The van der Waals surface area contributed by atoms with Gasteiger partial charge in [0, 0.05) is 19.1 Å². The van der Waals surface area contributed by atoms with E-state index < -0.39 is 10.0 Å². The number of sulfonamides is 1. The third kappa shape index (κ3) is 4.09. The van der Waals surface area contributed by atoms with Crippen molar-refractivity contribution in [3.8, 4) is 0 Å². The van der Waals surface area contributed by atoms with E-state index >= 15 is 0 Å². The molecule has 0 aromatic heterocycles. The first-order valence-electron chi connectivity index (χ1n) is 5.65. The van der Waals surface area contributed by atoms with E-state index in [1.165, 1.54) is 0 Å². The van der Waals surface area contributed by atoms with Crippen LogP contribution in [0, 0.1) is 5.92 Å². The Morgan fingerprint density at radius 3 is 2.67 bits per heavy atom. The third-order valence-electron chi connectivity index (χ3n) is 2.77. The first kappa shape index (κ1) is 12.9. The van der Waals surface area contributed by atoms with Crippen molar-refractivity contribution in [2.24, 2.45) is 11.7 Å². The molecule has 1 aliphatic heterocycles. The van der Waals surface area contributed by atoms with E-state index in [2.05, 4.69) is 0 Å². The average Bonchev–Trinajstić information content (AvgIpc) is 2.15. The fourth-order valence-electron chi connectivity index (χ4n) is 1.74. The summed E-state index contributed by atoms with van der Waals surface area (Å²) >= 11 is 0. The molecule has 1 rings (SSSR count). The van der Waals surface area contributed by atoms with Crippen molar-refractivity contribution in [3.05, 3.63) is 0 Å². The quantitative estimate of drug-likeness (QED) is 0.782. The van der Waals surface area contributed by atoms with Crippen molar-refractivity contribution in [2.75, 3.05) is 18.8 Å². The molecule has 90 valence electrons. The number of nitrogens with two attached hydrogens (primary N) is 1. The predicted molar refractivity (Wildman–Crippen MR) is 62.0 cm³/mol. The predicted octanol–water partition coefficient (Wildman–Crippen LogP) is 0.785. The van der Waals surface area contributed by atoms with Gasteiger partial charge in [0.05, 0.1) is 5.75 Å². The first-order chi connectivity index (χ1) is 6.92. The molecule has 1 fully saturated rings. The van der Waals surface area contributed by atoms with Gasteiger partial charge in [-0.1, -0.05) is 13.8 Å². The number of nitrogens with zero attached hydrogens (tertiary/aromatic N) is 1. The fourth-order valence-corrected chi connectivity index (χ4v) is 3.59. The maximum absolute atomic E-state index is 11.9. The van der Waals surface area contributed by atoms with Crippen LogP contribution in [0.3, 0.4) is 0 Å². The second-order valence-electron chi connectivity index (χ2n) is 4.76. The summed E-state index contributed by atoms with van der Waals surface area (Å²) in [7, 11) is -3.06. The summed E-state index contributed by atoms with van der Waals surface area (Å²) in [4.78, 5) is 0. The summed E-state index contributed by atoms with van der Waals surface area (Å²) in [5.74, 6) is 0.690. The molecule has 4 nitrogen and oxygen atoms in total. The van der Waals surface area contributed by atoms with Crippen LogP contribution in [0.2, 0.25) is 0 Å². The van der Waals surface area contributed by atoms with Crippen molar-refractivity contribution in [3.63, 3.8) is 0 Å². The molecule has 0 spiro atoms. The van der Waals surface area contributed by atoms with Crippen LogP contribution in [0.1, 0.15) is 33.1 Å². The van der Waals surface area contributed by atoms with Crippen molar-refractivity contribution >= 4 is 10.0 Å². The van der Waals surface area contributed by atoms with Gasteiger partial charge in [0.15, 0.2) is 0 Å². The largest absolute Gasteiger partial charge is 0.327 e. The molecule has 5 heteroatoms. The molecule has 1 unspecified atom stereocenters. The minimum absolute atomic E-state index is 0.0209. The summed E-state index contributed by atoms with van der Waals surface area (Å²) in [6.45, 7) is 5.23. The van der Waals surface area contributed by atoms with E-state index in [9.17, 15) is 8.42 Å². The summed E-state index contributed by atoms with van der Waals surface area (Å²) in [5.41, 5.74) is 5.77. The fraction of sp³-hybridized carbons (Fsp3) is 1.00. The molecule has 1 saturated heterocycles. The van der Waals surface area contributed by atoms with E-state index in [0.717, 1.165) is 19.3 Å². The van der Waals surface area contributed by atoms with Crippen LogP contribution in [0.25, 0.3) is 0 Å². The van der Waals surface area contributed by atoms with Gasteiger partial charge in [-0.15, -0.1) is 0 Å². The number of piperidine rings is 1. The molecule has 2 N–H and O–H groups in total. The molecule has 0 aliphatic carbocycles. The van der Waals surface area contributed by atoms with Gasteiger partial charge in [-0.05, 0) is 25.2 Å². The van der Waals surface area contributed by atoms with Crippen molar-refractivity contribution < 1.29 is 8.42 Å². The van der Waals surface area contributed by atoms with Crippen LogP contribution in [0.4, 0.5) is 0 Å². The smallest absolute Gasteiger partial charge is 0.214 e. The average molecular weight is 234 g/mol. The highest BCUT2D eigenvalue weighted by atomic mass is 32.2. The molecule has 0 radical (unpaired) electrons. The molecule has 15 heavy (non-hydrogen) atoms. The highest BCUT2D eigenvalue weighted by molar-refractivity contribution is 7.89. The van der Waals surface area contributed by atoms with Crippen LogP contribution in [-0.2, 0) is 10.0 Å². The molecule has 0 amide bonds.